The maximum atomic E-state index is 11.0. The molecule has 0 saturated carbocycles. The van der Waals surface area contributed by atoms with Gasteiger partial charge in [0.2, 0.25) is 0 Å². The van der Waals surface area contributed by atoms with E-state index in [9.17, 15) is 4.79 Å². The van der Waals surface area contributed by atoms with Gasteiger partial charge in [-0.2, -0.15) is 0 Å². The Morgan fingerprint density at radius 2 is 1.60 bits per heavy atom. The van der Waals surface area contributed by atoms with Crippen LogP contribution >= 0.6 is 0 Å². The molecule has 15 heavy (non-hydrogen) atoms. The summed E-state index contributed by atoms with van der Waals surface area (Å²) < 4.78 is 0. The molecule has 0 aliphatic rings. The highest BCUT2D eigenvalue weighted by atomic mass is 16.1. The van der Waals surface area contributed by atoms with Crippen molar-refractivity contribution in [3.8, 4) is 0 Å². The summed E-state index contributed by atoms with van der Waals surface area (Å²) in [6.45, 7) is 9.76. The van der Waals surface area contributed by atoms with Gasteiger partial charge in [0, 0.05) is 0 Å². The van der Waals surface area contributed by atoms with Gasteiger partial charge in [-0.3, -0.25) is 4.79 Å². The molecule has 0 fully saturated rings. The summed E-state index contributed by atoms with van der Waals surface area (Å²) in [5.74, 6) is 0.142. The first-order chi connectivity index (χ1) is 6.93. The minimum Gasteiger partial charge on any atom is -0.295 e. The molecule has 0 aliphatic heterocycles. The van der Waals surface area contributed by atoms with Gasteiger partial charge in [-0.1, -0.05) is 29.4 Å². The molecular weight excluding hydrogens is 184 g/mol. The van der Waals surface area contributed by atoms with Gasteiger partial charge in [-0.25, -0.2) is 0 Å². The summed E-state index contributed by atoms with van der Waals surface area (Å²) in [4.78, 5) is 11.0. The van der Waals surface area contributed by atoms with Gasteiger partial charge >= 0.3 is 0 Å². The van der Waals surface area contributed by atoms with Crippen molar-refractivity contribution < 1.29 is 4.79 Å². The van der Waals surface area contributed by atoms with Crippen molar-refractivity contribution >= 4 is 5.78 Å². The number of rotatable bonds is 5. The van der Waals surface area contributed by atoms with E-state index in [0.29, 0.717) is 0 Å². The summed E-state index contributed by atoms with van der Waals surface area (Å²) in [5, 5.41) is 0. The van der Waals surface area contributed by atoms with Crippen molar-refractivity contribution in [2.24, 2.45) is 0 Å². The molecular formula is C14H22O. The van der Waals surface area contributed by atoms with Crippen molar-refractivity contribution in [1.29, 1.82) is 0 Å². The number of ketones is 1. The lowest BCUT2D eigenvalue weighted by Gasteiger charge is -1.97. The molecule has 0 aliphatic carbocycles. The minimum atomic E-state index is 0.142. The number of carbonyl (C=O) groups excluding carboxylic acids is 1. The monoisotopic (exact) mass is 206 g/mol. The lowest BCUT2D eigenvalue weighted by Crippen LogP contribution is -1.89. The van der Waals surface area contributed by atoms with Gasteiger partial charge in [0.15, 0.2) is 5.78 Å². The quantitative estimate of drug-likeness (QED) is 0.374. The van der Waals surface area contributed by atoms with E-state index in [-0.39, 0.29) is 5.78 Å². The van der Waals surface area contributed by atoms with Crippen molar-refractivity contribution in [3.05, 3.63) is 34.9 Å². The third-order valence-corrected chi connectivity index (χ3v) is 2.26. The highest BCUT2D eigenvalue weighted by molar-refractivity contribution is 5.92. The predicted molar refractivity (Wildman–Crippen MR) is 66.9 cm³/mol. The van der Waals surface area contributed by atoms with E-state index in [4.69, 9.17) is 0 Å². The number of Topliss-reactive ketones (excluding diaryl/α,β-unsaturated/α-hetero) is 1. The molecule has 0 N–H and O–H groups in total. The van der Waals surface area contributed by atoms with Gasteiger partial charge < -0.3 is 0 Å². The van der Waals surface area contributed by atoms with Crippen LogP contribution in [0.4, 0.5) is 0 Å². The molecule has 0 unspecified atom stereocenters. The molecule has 0 atom stereocenters. The van der Waals surface area contributed by atoms with Crippen LogP contribution in [0.5, 0.6) is 0 Å². The van der Waals surface area contributed by atoms with Gasteiger partial charge in [0.25, 0.3) is 0 Å². The Kier molecular flexibility index (Phi) is 6.68. The van der Waals surface area contributed by atoms with Gasteiger partial charge in [-0.05, 0) is 53.0 Å². The molecule has 0 spiro atoms. The summed E-state index contributed by atoms with van der Waals surface area (Å²) >= 11 is 0. The van der Waals surface area contributed by atoms with Crippen molar-refractivity contribution in [2.75, 3.05) is 0 Å². The number of hydrogen-bond donors (Lipinski definition) is 0. The Hall–Kier alpha value is -1.11. The van der Waals surface area contributed by atoms with Crippen molar-refractivity contribution in [1.82, 2.24) is 0 Å². The summed E-state index contributed by atoms with van der Waals surface area (Å²) in [5.41, 5.74) is 3.49. The van der Waals surface area contributed by atoms with Crippen LogP contribution in [0.15, 0.2) is 34.9 Å². The molecule has 0 radical (unpaired) electrons. The molecule has 0 rings (SSSR count). The first-order valence-electron chi connectivity index (χ1n) is 5.42. The second-order valence-corrected chi connectivity index (χ2v) is 4.24. The molecule has 1 nitrogen and oxygen atoms in total. The SMILES string of the molecule is CC(=O)/C(C)=C/C=C(\C)CCC=C(C)C. The third kappa shape index (κ3) is 7.92. The number of hydrogen-bond acceptors (Lipinski definition) is 1. The van der Waals surface area contributed by atoms with E-state index in [0.717, 1.165) is 18.4 Å². The minimum absolute atomic E-state index is 0.142. The van der Waals surface area contributed by atoms with Crippen LogP contribution in [-0.4, -0.2) is 5.78 Å². The Morgan fingerprint density at radius 1 is 1.00 bits per heavy atom. The maximum Gasteiger partial charge on any atom is 0.155 e. The molecule has 0 aromatic rings. The Morgan fingerprint density at radius 3 is 2.07 bits per heavy atom. The topological polar surface area (TPSA) is 17.1 Å². The van der Waals surface area contributed by atoms with E-state index in [1.807, 2.05) is 19.1 Å². The van der Waals surface area contributed by atoms with Crippen LogP contribution in [0.1, 0.15) is 47.5 Å². The van der Waals surface area contributed by atoms with E-state index in [1.54, 1.807) is 6.92 Å². The first-order valence-corrected chi connectivity index (χ1v) is 5.42. The fourth-order valence-corrected chi connectivity index (χ4v) is 1.06. The van der Waals surface area contributed by atoms with E-state index in [1.165, 1.54) is 11.1 Å². The Bertz CT molecular complexity index is 299. The van der Waals surface area contributed by atoms with Gasteiger partial charge in [0.05, 0.1) is 0 Å². The molecule has 0 aromatic heterocycles. The molecule has 0 bridgehead atoms. The average molecular weight is 206 g/mol. The second-order valence-electron chi connectivity index (χ2n) is 4.24. The zero-order chi connectivity index (χ0) is 11.8. The molecule has 0 saturated heterocycles. The molecule has 0 amide bonds. The molecule has 1 heteroatoms. The fourth-order valence-electron chi connectivity index (χ4n) is 1.06. The third-order valence-electron chi connectivity index (χ3n) is 2.26. The standard InChI is InChI=1S/C14H22O/c1-11(2)7-6-8-12(3)9-10-13(4)14(5)15/h7,9-10H,6,8H2,1-5H3/b12-9+,13-10+. The van der Waals surface area contributed by atoms with E-state index in [2.05, 4.69) is 26.8 Å². The number of allylic oxidation sites excluding steroid dienone is 6. The summed E-state index contributed by atoms with van der Waals surface area (Å²) in [6, 6.07) is 0. The fraction of sp³-hybridized carbons (Fsp3) is 0.500. The van der Waals surface area contributed by atoms with Crippen molar-refractivity contribution in [2.45, 2.75) is 47.5 Å². The van der Waals surface area contributed by atoms with Crippen LogP contribution in [-0.2, 0) is 4.79 Å². The van der Waals surface area contributed by atoms with Crippen LogP contribution in [0, 0.1) is 0 Å². The Labute approximate surface area is 93.6 Å². The lowest BCUT2D eigenvalue weighted by molar-refractivity contribution is -0.113. The van der Waals surface area contributed by atoms with Crippen LogP contribution in [0.3, 0.4) is 0 Å². The van der Waals surface area contributed by atoms with Gasteiger partial charge in [-0.15, -0.1) is 0 Å². The second kappa shape index (κ2) is 7.22. The average Bonchev–Trinajstić information content (AvgIpc) is 2.13. The smallest absolute Gasteiger partial charge is 0.155 e. The maximum absolute atomic E-state index is 11.0. The van der Waals surface area contributed by atoms with Crippen molar-refractivity contribution in [3.63, 3.8) is 0 Å². The van der Waals surface area contributed by atoms with Crippen LogP contribution in [0.2, 0.25) is 0 Å². The lowest BCUT2D eigenvalue weighted by atomic mass is 10.1. The first kappa shape index (κ1) is 13.9. The molecule has 84 valence electrons. The summed E-state index contributed by atoms with van der Waals surface area (Å²) in [7, 11) is 0. The molecule has 0 aromatic carbocycles. The predicted octanol–water partition coefficient (Wildman–Crippen LogP) is 4.21. The highest BCUT2D eigenvalue weighted by Gasteiger charge is 1.93. The van der Waals surface area contributed by atoms with Crippen LogP contribution < -0.4 is 0 Å². The molecule has 0 heterocycles. The van der Waals surface area contributed by atoms with Crippen LogP contribution in [0.25, 0.3) is 0 Å². The zero-order valence-electron chi connectivity index (χ0n) is 10.6. The zero-order valence-corrected chi connectivity index (χ0v) is 10.6. The van der Waals surface area contributed by atoms with E-state index >= 15 is 0 Å². The highest BCUT2D eigenvalue weighted by Crippen LogP contribution is 2.07. The van der Waals surface area contributed by atoms with Gasteiger partial charge in [0.1, 0.15) is 0 Å². The number of carbonyl (C=O) groups is 1. The summed E-state index contributed by atoms with van der Waals surface area (Å²) in [6.07, 6.45) is 8.32. The Balaban J connectivity index is 4.16. The van der Waals surface area contributed by atoms with E-state index < -0.39 is 0 Å². The largest absolute Gasteiger partial charge is 0.295 e. The normalized spacial score (nSPS) is 12.6.